The van der Waals surface area contributed by atoms with Crippen LogP contribution < -0.4 is 5.73 Å². The molecule has 4 nitrogen and oxygen atoms in total. The SMILES string of the molecule is CC(C)OC(=O)c1cc(CN)oc1C(F)(F)F. The van der Waals surface area contributed by atoms with Crippen LogP contribution in [0.15, 0.2) is 10.5 Å². The number of rotatable bonds is 3. The predicted octanol–water partition coefficient (Wildman–Crippen LogP) is 2.32. The molecule has 96 valence electrons. The van der Waals surface area contributed by atoms with Gasteiger partial charge in [-0.3, -0.25) is 0 Å². The van der Waals surface area contributed by atoms with Gasteiger partial charge >= 0.3 is 12.1 Å². The van der Waals surface area contributed by atoms with Crippen molar-refractivity contribution in [3.63, 3.8) is 0 Å². The highest BCUT2D eigenvalue weighted by molar-refractivity contribution is 5.91. The average molecular weight is 251 g/mol. The van der Waals surface area contributed by atoms with Gasteiger partial charge in [0.05, 0.1) is 12.6 Å². The third-order valence-electron chi connectivity index (χ3n) is 1.80. The number of alkyl halides is 3. The number of ether oxygens (including phenoxy) is 1. The number of carbonyl (C=O) groups excluding carboxylic acids is 1. The largest absolute Gasteiger partial charge is 0.459 e. The van der Waals surface area contributed by atoms with Crippen LogP contribution in [0, 0.1) is 0 Å². The fraction of sp³-hybridized carbons (Fsp3) is 0.500. The molecule has 0 saturated carbocycles. The summed E-state index contributed by atoms with van der Waals surface area (Å²) >= 11 is 0. The van der Waals surface area contributed by atoms with Crippen molar-refractivity contribution in [2.75, 3.05) is 0 Å². The van der Waals surface area contributed by atoms with Crippen molar-refractivity contribution < 1.29 is 27.1 Å². The van der Waals surface area contributed by atoms with Crippen LogP contribution in [-0.4, -0.2) is 12.1 Å². The first kappa shape index (κ1) is 13.6. The number of halogens is 3. The Morgan fingerprint density at radius 2 is 2.12 bits per heavy atom. The lowest BCUT2D eigenvalue weighted by Gasteiger charge is -2.08. The number of hydrogen-bond donors (Lipinski definition) is 1. The number of furan rings is 1. The molecule has 0 atom stereocenters. The van der Waals surface area contributed by atoms with Crippen LogP contribution in [0.2, 0.25) is 0 Å². The molecule has 0 saturated heterocycles. The Kier molecular flexibility index (Phi) is 3.82. The predicted molar refractivity (Wildman–Crippen MR) is 52.2 cm³/mol. The molecule has 0 aliphatic rings. The summed E-state index contributed by atoms with van der Waals surface area (Å²) < 4.78 is 46.8. The van der Waals surface area contributed by atoms with Crippen LogP contribution in [-0.2, 0) is 17.5 Å². The quantitative estimate of drug-likeness (QED) is 0.837. The molecule has 2 N–H and O–H groups in total. The summed E-state index contributed by atoms with van der Waals surface area (Å²) in [5.74, 6) is -2.56. The van der Waals surface area contributed by atoms with Crippen LogP contribution in [0.4, 0.5) is 13.2 Å². The van der Waals surface area contributed by atoms with Gasteiger partial charge in [-0.15, -0.1) is 0 Å². The van der Waals surface area contributed by atoms with E-state index >= 15 is 0 Å². The lowest BCUT2D eigenvalue weighted by atomic mass is 10.2. The van der Waals surface area contributed by atoms with Gasteiger partial charge in [0.1, 0.15) is 11.3 Å². The van der Waals surface area contributed by atoms with Crippen molar-refractivity contribution in [3.8, 4) is 0 Å². The Bertz CT molecular complexity index is 409. The molecule has 0 aliphatic heterocycles. The fourth-order valence-electron chi connectivity index (χ4n) is 1.18. The van der Waals surface area contributed by atoms with Crippen LogP contribution in [0.5, 0.6) is 0 Å². The zero-order valence-corrected chi connectivity index (χ0v) is 9.30. The second kappa shape index (κ2) is 4.79. The molecule has 1 aromatic rings. The van der Waals surface area contributed by atoms with Gasteiger partial charge in [-0.05, 0) is 19.9 Å². The molecular weight excluding hydrogens is 239 g/mol. The molecule has 1 aromatic heterocycles. The van der Waals surface area contributed by atoms with Gasteiger partial charge in [0.15, 0.2) is 0 Å². The van der Waals surface area contributed by atoms with E-state index in [0.717, 1.165) is 6.07 Å². The molecule has 0 amide bonds. The Morgan fingerprint density at radius 3 is 2.53 bits per heavy atom. The van der Waals surface area contributed by atoms with Gasteiger partial charge < -0.3 is 14.9 Å². The minimum atomic E-state index is -4.75. The molecule has 0 spiro atoms. The second-order valence-corrected chi connectivity index (χ2v) is 3.61. The van der Waals surface area contributed by atoms with E-state index in [1.54, 1.807) is 0 Å². The molecule has 0 radical (unpaired) electrons. The van der Waals surface area contributed by atoms with Gasteiger partial charge in [0, 0.05) is 0 Å². The van der Waals surface area contributed by atoms with E-state index in [9.17, 15) is 18.0 Å². The minimum absolute atomic E-state index is 0.118. The summed E-state index contributed by atoms with van der Waals surface area (Å²) in [6, 6.07) is 0.952. The molecule has 1 rings (SSSR count). The van der Waals surface area contributed by atoms with E-state index in [2.05, 4.69) is 4.42 Å². The van der Waals surface area contributed by atoms with E-state index < -0.39 is 29.6 Å². The molecule has 0 aromatic carbocycles. The highest BCUT2D eigenvalue weighted by atomic mass is 19.4. The third kappa shape index (κ3) is 3.23. The van der Waals surface area contributed by atoms with Crippen LogP contribution >= 0.6 is 0 Å². The number of carbonyl (C=O) groups is 1. The van der Waals surface area contributed by atoms with Crippen molar-refractivity contribution in [2.45, 2.75) is 32.7 Å². The van der Waals surface area contributed by atoms with Crippen molar-refractivity contribution in [1.29, 1.82) is 0 Å². The van der Waals surface area contributed by atoms with E-state index in [-0.39, 0.29) is 12.3 Å². The van der Waals surface area contributed by atoms with Gasteiger partial charge in [-0.2, -0.15) is 13.2 Å². The normalized spacial score (nSPS) is 11.9. The van der Waals surface area contributed by atoms with E-state index in [1.165, 1.54) is 13.8 Å². The van der Waals surface area contributed by atoms with Gasteiger partial charge in [-0.1, -0.05) is 0 Å². The maximum Gasteiger partial charge on any atom is 0.450 e. The highest BCUT2D eigenvalue weighted by Crippen LogP contribution is 2.34. The summed E-state index contributed by atoms with van der Waals surface area (Å²) in [6.07, 6.45) is -5.27. The van der Waals surface area contributed by atoms with Gasteiger partial charge in [0.2, 0.25) is 5.76 Å². The first-order chi connectivity index (χ1) is 7.75. The standard InChI is InChI=1S/C10H12F3NO3/c1-5(2)16-9(15)7-3-6(4-14)17-8(7)10(11,12)13/h3,5H,4,14H2,1-2H3. The molecule has 17 heavy (non-hydrogen) atoms. The fourth-order valence-corrected chi connectivity index (χ4v) is 1.18. The Labute approximate surface area is 95.5 Å². The van der Waals surface area contributed by atoms with Gasteiger partial charge in [0.25, 0.3) is 0 Å². The maximum absolute atomic E-state index is 12.6. The Balaban J connectivity index is 3.13. The molecule has 7 heteroatoms. The van der Waals surface area contributed by atoms with Crippen molar-refractivity contribution in [1.82, 2.24) is 0 Å². The smallest absolute Gasteiger partial charge is 0.450 e. The molecule has 0 bridgehead atoms. The lowest BCUT2D eigenvalue weighted by Crippen LogP contribution is -2.16. The summed E-state index contributed by atoms with van der Waals surface area (Å²) in [7, 11) is 0. The average Bonchev–Trinajstić information content (AvgIpc) is 2.59. The number of esters is 1. The summed E-state index contributed by atoms with van der Waals surface area (Å²) in [5.41, 5.74) is 4.52. The zero-order valence-electron chi connectivity index (χ0n) is 9.30. The number of nitrogens with two attached hydrogens (primary N) is 1. The van der Waals surface area contributed by atoms with E-state index in [0.29, 0.717) is 0 Å². The first-order valence-corrected chi connectivity index (χ1v) is 4.86. The molecule has 0 aliphatic carbocycles. The number of hydrogen-bond acceptors (Lipinski definition) is 4. The monoisotopic (exact) mass is 251 g/mol. The van der Waals surface area contributed by atoms with Crippen LogP contribution in [0.1, 0.15) is 35.7 Å². The highest BCUT2D eigenvalue weighted by Gasteiger charge is 2.40. The molecule has 1 heterocycles. The minimum Gasteiger partial charge on any atom is -0.459 e. The Morgan fingerprint density at radius 1 is 1.53 bits per heavy atom. The van der Waals surface area contributed by atoms with Gasteiger partial charge in [-0.25, -0.2) is 4.79 Å². The Hall–Kier alpha value is -1.50. The second-order valence-electron chi connectivity index (χ2n) is 3.61. The summed E-state index contributed by atoms with van der Waals surface area (Å²) in [5, 5.41) is 0. The molecular formula is C10H12F3NO3. The topological polar surface area (TPSA) is 65.5 Å². The zero-order chi connectivity index (χ0) is 13.2. The van der Waals surface area contributed by atoms with Crippen LogP contribution in [0.3, 0.4) is 0 Å². The van der Waals surface area contributed by atoms with Crippen molar-refractivity contribution >= 4 is 5.97 Å². The lowest BCUT2D eigenvalue weighted by molar-refractivity contribution is -0.154. The summed E-state index contributed by atoms with van der Waals surface area (Å²) in [6.45, 7) is 2.85. The maximum atomic E-state index is 12.6. The first-order valence-electron chi connectivity index (χ1n) is 4.86. The van der Waals surface area contributed by atoms with Crippen LogP contribution in [0.25, 0.3) is 0 Å². The summed E-state index contributed by atoms with van der Waals surface area (Å²) in [4.78, 5) is 11.4. The van der Waals surface area contributed by atoms with E-state index in [1.807, 2.05) is 0 Å². The molecule has 0 unspecified atom stereocenters. The third-order valence-corrected chi connectivity index (χ3v) is 1.80. The van der Waals surface area contributed by atoms with Crippen molar-refractivity contribution in [3.05, 3.63) is 23.2 Å². The molecule has 0 fully saturated rings. The van der Waals surface area contributed by atoms with E-state index in [4.69, 9.17) is 10.5 Å². The van der Waals surface area contributed by atoms with Crippen molar-refractivity contribution in [2.24, 2.45) is 5.73 Å².